The third-order valence-electron chi connectivity index (χ3n) is 5.00. The Balaban J connectivity index is 1.58. The summed E-state index contributed by atoms with van der Waals surface area (Å²) in [6.45, 7) is 0.265. The maximum absolute atomic E-state index is 12.6. The molecule has 0 aromatic heterocycles. The zero-order chi connectivity index (χ0) is 25.0. The highest BCUT2D eigenvalue weighted by atomic mass is 35.5. The molecule has 0 aliphatic carbocycles. The van der Waals surface area contributed by atoms with Gasteiger partial charge in [-0.1, -0.05) is 23.2 Å². The van der Waals surface area contributed by atoms with Gasteiger partial charge in [-0.2, -0.15) is 13.2 Å². The van der Waals surface area contributed by atoms with Crippen LogP contribution in [0.25, 0.3) is 0 Å². The Morgan fingerprint density at radius 3 is 2.26 bits per heavy atom. The number of rotatable bonds is 4. The summed E-state index contributed by atoms with van der Waals surface area (Å²) in [7, 11) is 1.46. The summed E-state index contributed by atoms with van der Waals surface area (Å²) < 4.78 is 42.9. The fourth-order valence-electron chi connectivity index (χ4n) is 3.32. The van der Waals surface area contributed by atoms with Gasteiger partial charge in [-0.15, -0.1) is 0 Å². The average Bonchev–Trinajstić information content (AvgIpc) is 2.78. The SMILES string of the molecule is COc1ccc(C(=O)NC(=S)Nc2ccc(N3CCN(C(=O)C(F)(F)F)CC3)c(Cl)c2)cc1Cl. The quantitative estimate of drug-likeness (QED) is 0.568. The molecule has 0 radical (unpaired) electrons. The van der Waals surface area contributed by atoms with Crippen LogP contribution in [0.3, 0.4) is 0 Å². The van der Waals surface area contributed by atoms with Crippen molar-refractivity contribution in [3.63, 3.8) is 0 Å². The fourth-order valence-corrected chi connectivity index (χ4v) is 4.08. The standard InChI is InChI=1S/C21H19Cl2F3N4O3S/c1-33-17-5-2-12(10-15(17)23)18(31)28-20(34)27-13-3-4-16(14(22)11-13)29-6-8-30(9-7-29)19(32)21(24,25)26/h2-5,10-11H,6-9H2,1H3,(H2,27,28,31,34). The third-order valence-corrected chi connectivity index (χ3v) is 5.80. The van der Waals surface area contributed by atoms with Gasteiger partial charge in [-0.25, -0.2) is 0 Å². The Hall–Kier alpha value is -2.76. The maximum atomic E-state index is 12.6. The van der Waals surface area contributed by atoms with Crippen molar-refractivity contribution < 1.29 is 27.5 Å². The molecular weight excluding hydrogens is 516 g/mol. The van der Waals surface area contributed by atoms with E-state index in [1.165, 1.54) is 19.2 Å². The summed E-state index contributed by atoms with van der Waals surface area (Å²) in [5.74, 6) is -1.89. The van der Waals surface area contributed by atoms with Crippen LogP contribution in [-0.2, 0) is 4.79 Å². The highest BCUT2D eigenvalue weighted by molar-refractivity contribution is 7.80. The summed E-state index contributed by atoms with van der Waals surface area (Å²) in [5, 5.41) is 6.02. The summed E-state index contributed by atoms with van der Waals surface area (Å²) in [6.07, 6.45) is -4.89. The van der Waals surface area contributed by atoms with E-state index >= 15 is 0 Å². The molecule has 182 valence electrons. The normalized spacial score (nSPS) is 13.9. The van der Waals surface area contributed by atoms with E-state index in [0.29, 0.717) is 22.1 Å². The fraction of sp³-hybridized carbons (Fsp3) is 0.286. The van der Waals surface area contributed by atoms with Gasteiger partial charge < -0.3 is 19.9 Å². The van der Waals surface area contributed by atoms with Crippen molar-refractivity contribution in [2.75, 3.05) is 43.5 Å². The van der Waals surface area contributed by atoms with Gasteiger partial charge in [0.2, 0.25) is 0 Å². The molecule has 0 spiro atoms. The van der Waals surface area contributed by atoms with E-state index in [2.05, 4.69) is 10.6 Å². The Morgan fingerprint density at radius 2 is 1.71 bits per heavy atom. The molecule has 1 saturated heterocycles. The zero-order valence-electron chi connectivity index (χ0n) is 17.7. The lowest BCUT2D eigenvalue weighted by atomic mass is 10.2. The molecule has 1 aliphatic heterocycles. The minimum Gasteiger partial charge on any atom is -0.495 e. The highest BCUT2D eigenvalue weighted by Gasteiger charge is 2.43. The number of carbonyl (C=O) groups excluding carboxylic acids is 2. The van der Waals surface area contributed by atoms with E-state index in [-0.39, 0.29) is 41.9 Å². The summed E-state index contributed by atoms with van der Waals surface area (Å²) in [6, 6.07) is 9.47. The van der Waals surface area contributed by atoms with Gasteiger partial charge >= 0.3 is 12.1 Å². The van der Waals surface area contributed by atoms with Crippen molar-refractivity contribution in [3.8, 4) is 5.75 Å². The number of hydrogen-bond donors (Lipinski definition) is 2. The molecule has 0 atom stereocenters. The van der Waals surface area contributed by atoms with Crippen molar-refractivity contribution in [1.82, 2.24) is 10.2 Å². The van der Waals surface area contributed by atoms with Crippen molar-refractivity contribution in [3.05, 3.63) is 52.0 Å². The van der Waals surface area contributed by atoms with Crippen LogP contribution in [0.4, 0.5) is 24.5 Å². The number of hydrogen-bond acceptors (Lipinski definition) is 5. The van der Waals surface area contributed by atoms with Gasteiger partial charge in [0.25, 0.3) is 5.91 Å². The Kier molecular flexibility index (Phi) is 8.11. The van der Waals surface area contributed by atoms with Crippen LogP contribution in [0.5, 0.6) is 5.75 Å². The molecule has 1 heterocycles. The molecule has 0 bridgehead atoms. The first-order valence-corrected chi connectivity index (χ1v) is 11.0. The van der Waals surface area contributed by atoms with Gasteiger partial charge in [0.1, 0.15) is 5.75 Å². The van der Waals surface area contributed by atoms with Gasteiger partial charge in [0.15, 0.2) is 5.11 Å². The minimum atomic E-state index is -4.89. The van der Waals surface area contributed by atoms with Crippen molar-refractivity contribution in [1.29, 1.82) is 0 Å². The number of alkyl halides is 3. The monoisotopic (exact) mass is 534 g/mol. The molecule has 1 fully saturated rings. The number of amides is 2. The van der Waals surface area contributed by atoms with E-state index in [1.54, 1.807) is 29.2 Å². The predicted octanol–water partition coefficient (Wildman–Crippen LogP) is 4.34. The summed E-state index contributed by atoms with van der Waals surface area (Å²) in [5.41, 5.74) is 1.39. The first-order chi connectivity index (χ1) is 16.0. The smallest absolute Gasteiger partial charge is 0.471 e. The molecule has 2 aromatic rings. The second-order valence-electron chi connectivity index (χ2n) is 7.20. The van der Waals surface area contributed by atoms with Crippen LogP contribution in [0.2, 0.25) is 10.0 Å². The van der Waals surface area contributed by atoms with Gasteiger partial charge in [0.05, 0.1) is 22.8 Å². The lowest BCUT2D eigenvalue weighted by Crippen LogP contribution is -2.52. The van der Waals surface area contributed by atoms with Gasteiger partial charge in [0, 0.05) is 37.4 Å². The van der Waals surface area contributed by atoms with E-state index in [1.807, 2.05) is 0 Å². The number of nitrogens with one attached hydrogen (secondary N) is 2. The number of piperazine rings is 1. The maximum Gasteiger partial charge on any atom is 0.471 e. The van der Waals surface area contributed by atoms with Crippen LogP contribution >= 0.6 is 35.4 Å². The molecule has 13 heteroatoms. The van der Waals surface area contributed by atoms with E-state index in [4.69, 9.17) is 40.2 Å². The number of carbonyl (C=O) groups is 2. The first kappa shape index (κ1) is 25.9. The molecule has 1 aliphatic rings. The Morgan fingerprint density at radius 1 is 1.03 bits per heavy atom. The number of ether oxygens (including phenoxy) is 1. The molecule has 2 aromatic carbocycles. The van der Waals surface area contributed by atoms with Crippen LogP contribution in [-0.4, -0.2) is 61.3 Å². The van der Waals surface area contributed by atoms with E-state index in [9.17, 15) is 22.8 Å². The Bertz CT molecular complexity index is 1110. The molecule has 0 unspecified atom stereocenters. The average molecular weight is 535 g/mol. The van der Waals surface area contributed by atoms with E-state index in [0.717, 1.165) is 4.90 Å². The number of thiocarbonyl (C=S) groups is 1. The number of methoxy groups -OCH3 is 1. The van der Waals surface area contributed by atoms with Crippen LogP contribution < -0.4 is 20.3 Å². The number of benzene rings is 2. The topological polar surface area (TPSA) is 73.9 Å². The molecule has 2 amide bonds. The van der Waals surface area contributed by atoms with Gasteiger partial charge in [-0.3, -0.25) is 14.9 Å². The Labute approximate surface area is 208 Å². The molecule has 3 rings (SSSR count). The lowest BCUT2D eigenvalue weighted by Gasteiger charge is -2.36. The lowest BCUT2D eigenvalue weighted by molar-refractivity contribution is -0.185. The summed E-state index contributed by atoms with van der Waals surface area (Å²) in [4.78, 5) is 26.3. The molecule has 7 nitrogen and oxygen atoms in total. The third kappa shape index (κ3) is 6.22. The first-order valence-electron chi connectivity index (χ1n) is 9.86. The largest absolute Gasteiger partial charge is 0.495 e. The van der Waals surface area contributed by atoms with Crippen LogP contribution in [0.1, 0.15) is 10.4 Å². The number of halogens is 5. The molecule has 34 heavy (non-hydrogen) atoms. The second kappa shape index (κ2) is 10.7. The second-order valence-corrected chi connectivity index (χ2v) is 8.42. The highest BCUT2D eigenvalue weighted by Crippen LogP contribution is 2.30. The van der Waals surface area contributed by atoms with Crippen molar-refractivity contribution in [2.45, 2.75) is 6.18 Å². The van der Waals surface area contributed by atoms with Gasteiger partial charge in [-0.05, 0) is 48.6 Å². The summed E-state index contributed by atoms with van der Waals surface area (Å²) >= 11 is 17.6. The van der Waals surface area contributed by atoms with Crippen molar-refractivity contribution >= 4 is 63.7 Å². The minimum absolute atomic E-state index is 0.0278. The van der Waals surface area contributed by atoms with E-state index < -0.39 is 18.0 Å². The number of nitrogens with zero attached hydrogens (tertiary/aromatic N) is 2. The number of anilines is 2. The zero-order valence-corrected chi connectivity index (χ0v) is 20.0. The van der Waals surface area contributed by atoms with Crippen LogP contribution in [0.15, 0.2) is 36.4 Å². The molecular formula is C21H19Cl2F3N4O3S. The van der Waals surface area contributed by atoms with Crippen molar-refractivity contribution in [2.24, 2.45) is 0 Å². The molecule has 2 N–H and O–H groups in total. The predicted molar refractivity (Wildman–Crippen MR) is 128 cm³/mol. The molecule has 0 saturated carbocycles. The van der Waals surface area contributed by atoms with Crippen LogP contribution in [0, 0.1) is 0 Å².